The highest BCUT2D eigenvalue weighted by atomic mass is 16.3. The third-order valence-corrected chi connectivity index (χ3v) is 4.91. The van der Waals surface area contributed by atoms with Gasteiger partial charge in [-0.2, -0.15) is 0 Å². The second-order valence-electron chi connectivity index (χ2n) is 6.52. The van der Waals surface area contributed by atoms with E-state index in [1.807, 2.05) is 24.3 Å². The zero-order valence-corrected chi connectivity index (χ0v) is 13.3. The van der Waals surface area contributed by atoms with Crippen molar-refractivity contribution in [1.29, 1.82) is 0 Å². The van der Waals surface area contributed by atoms with Crippen molar-refractivity contribution in [2.75, 3.05) is 13.2 Å². The number of hydrogen-bond acceptors (Lipinski definition) is 3. The predicted molar refractivity (Wildman–Crippen MR) is 88.6 cm³/mol. The second kappa shape index (κ2) is 6.16. The lowest BCUT2D eigenvalue weighted by atomic mass is 9.87. The van der Waals surface area contributed by atoms with E-state index in [-0.39, 0.29) is 23.7 Å². The molecule has 0 aliphatic heterocycles. The van der Waals surface area contributed by atoms with E-state index in [0.29, 0.717) is 17.8 Å². The van der Waals surface area contributed by atoms with Crippen molar-refractivity contribution >= 4 is 22.6 Å². The van der Waals surface area contributed by atoms with Gasteiger partial charge in [0.2, 0.25) is 0 Å². The lowest BCUT2D eigenvalue weighted by Gasteiger charge is -2.26. The number of aromatic nitrogens is 1. The molecule has 0 atom stereocenters. The fourth-order valence-corrected chi connectivity index (χ4v) is 3.51. The minimum atomic E-state index is -0.257. The van der Waals surface area contributed by atoms with Gasteiger partial charge in [-0.3, -0.25) is 9.59 Å². The fourth-order valence-electron chi connectivity index (χ4n) is 3.51. The summed E-state index contributed by atoms with van der Waals surface area (Å²) in [6.07, 6.45) is 4.03. The smallest absolute Gasteiger partial charge is 0.254 e. The number of aliphatic hydroxyl groups excluding tert-OH is 1. The van der Waals surface area contributed by atoms with Crippen molar-refractivity contribution in [2.24, 2.45) is 5.41 Å². The third-order valence-electron chi connectivity index (χ3n) is 4.91. The van der Waals surface area contributed by atoms with E-state index < -0.39 is 0 Å². The van der Waals surface area contributed by atoms with Crippen LogP contribution in [0.1, 0.15) is 53.5 Å². The molecule has 0 bridgehead atoms. The second-order valence-corrected chi connectivity index (χ2v) is 6.52. The Morgan fingerprint density at radius 2 is 1.96 bits per heavy atom. The van der Waals surface area contributed by atoms with Crippen LogP contribution in [0.25, 0.3) is 10.9 Å². The maximum absolute atomic E-state index is 12.7. The number of carbonyl (C=O) groups is 2. The van der Waals surface area contributed by atoms with Crippen molar-refractivity contribution in [3.63, 3.8) is 0 Å². The Balaban J connectivity index is 1.88. The van der Waals surface area contributed by atoms with Gasteiger partial charge in [0.25, 0.3) is 5.91 Å². The number of hydrogen-bond donors (Lipinski definition) is 3. The summed E-state index contributed by atoms with van der Waals surface area (Å²) in [6.45, 7) is 1.98. The number of nitrogens with one attached hydrogen (secondary N) is 2. The lowest BCUT2D eigenvalue weighted by Crippen LogP contribution is -2.38. The number of H-pyrrole nitrogens is 1. The maximum Gasteiger partial charge on any atom is 0.254 e. The molecule has 5 nitrogen and oxygen atoms in total. The minimum Gasteiger partial charge on any atom is -0.396 e. The predicted octanol–water partition coefficient (Wildman–Crippen LogP) is 2.65. The van der Waals surface area contributed by atoms with E-state index in [4.69, 9.17) is 0 Å². The molecule has 3 rings (SSSR count). The molecule has 1 aliphatic carbocycles. The molecule has 0 saturated heterocycles. The maximum atomic E-state index is 12.7. The van der Waals surface area contributed by atoms with E-state index in [9.17, 15) is 14.7 Å². The number of para-hydroxylation sites is 1. The van der Waals surface area contributed by atoms with Crippen LogP contribution in [0.3, 0.4) is 0 Å². The van der Waals surface area contributed by atoms with E-state index in [1.165, 1.54) is 6.92 Å². The Morgan fingerprint density at radius 1 is 1.26 bits per heavy atom. The molecule has 5 heteroatoms. The van der Waals surface area contributed by atoms with Gasteiger partial charge in [-0.25, -0.2) is 0 Å². The summed E-state index contributed by atoms with van der Waals surface area (Å²) in [5, 5.41) is 13.3. The molecule has 0 spiro atoms. The number of aliphatic hydroxyl groups is 1. The van der Waals surface area contributed by atoms with E-state index in [2.05, 4.69) is 10.3 Å². The summed E-state index contributed by atoms with van der Waals surface area (Å²) >= 11 is 0. The van der Waals surface area contributed by atoms with Gasteiger partial charge in [-0.05, 0) is 18.9 Å². The number of ketones is 1. The van der Waals surface area contributed by atoms with Crippen LogP contribution in [-0.2, 0) is 0 Å². The number of rotatable bonds is 5. The first-order chi connectivity index (χ1) is 11.1. The Kier molecular flexibility index (Phi) is 4.22. The van der Waals surface area contributed by atoms with Gasteiger partial charge in [0.15, 0.2) is 5.78 Å². The molecular weight excluding hydrogens is 292 g/mol. The average Bonchev–Trinajstić information content (AvgIpc) is 3.18. The van der Waals surface area contributed by atoms with Crippen LogP contribution in [0.2, 0.25) is 0 Å². The first-order valence-electron chi connectivity index (χ1n) is 8.07. The number of benzene rings is 1. The van der Waals surface area contributed by atoms with E-state index >= 15 is 0 Å². The van der Waals surface area contributed by atoms with Crippen molar-refractivity contribution in [2.45, 2.75) is 32.6 Å². The largest absolute Gasteiger partial charge is 0.396 e. The van der Waals surface area contributed by atoms with Crippen molar-refractivity contribution in [1.82, 2.24) is 10.3 Å². The molecule has 3 N–H and O–H groups in total. The Morgan fingerprint density at radius 3 is 2.61 bits per heavy atom. The molecule has 1 aromatic heterocycles. The highest BCUT2D eigenvalue weighted by molar-refractivity contribution is 6.15. The number of aromatic amines is 1. The lowest BCUT2D eigenvalue weighted by molar-refractivity contribution is 0.0874. The van der Waals surface area contributed by atoms with Gasteiger partial charge in [-0.1, -0.05) is 31.0 Å². The highest BCUT2D eigenvalue weighted by Gasteiger charge is 2.34. The Labute approximate surface area is 135 Å². The van der Waals surface area contributed by atoms with Gasteiger partial charge >= 0.3 is 0 Å². The van der Waals surface area contributed by atoms with Gasteiger partial charge in [0, 0.05) is 29.8 Å². The average molecular weight is 314 g/mol. The molecule has 1 saturated carbocycles. The quantitative estimate of drug-likeness (QED) is 0.742. The van der Waals surface area contributed by atoms with Gasteiger partial charge in [0.1, 0.15) is 0 Å². The standard InChI is InChI=1S/C18H22N2O3/c1-12(22)16-15(13-6-2-3-7-14(13)20-16)17(23)19-10-18(11-21)8-4-5-9-18/h2-3,6-7,20-21H,4-5,8-11H2,1H3,(H,19,23). The summed E-state index contributed by atoms with van der Waals surface area (Å²) in [7, 11) is 0. The van der Waals surface area contributed by atoms with Crippen LogP contribution in [0.4, 0.5) is 0 Å². The summed E-state index contributed by atoms with van der Waals surface area (Å²) in [4.78, 5) is 27.6. The van der Waals surface area contributed by atoms with Crippen molar-refractivity contribution < 1.29 is 14.7 Å². The molecule has 1 aliphatic rings. The molecule has 122 valence electrons. The molecule has 1 heterocycles. The van der Waals surface area contributed by atoms with Crippen molar-refractivity contribution in [3.05, 3.63) is 35.5 Å². The fraction of sp³-hybridized carbons (Fsp3) is 0.444. The molecule has 2 aromatic rings. The van der Waals surface area contributed by atoms with Gasteiger partial charge in [0.05, 0.1) is 17.9 Å². The molecule has 1 fully saturated rings. The minimum absolute atomic E-state index is 0.0841. The van der Waals surface area contributed by atoms with Gasteiger partial charge < -0.3 is 15.4 Å². The summed E-state index contributed by atoms with van der Waals surface area (Å²) in [6, 6.07) is 7.40. The van der Waals surface area contributed by atoms with Crippen LogP contribution < -0.4 is 5.32 Å². The molecule has 0 radical (unpaired) electrons. The first-order valence-corrected chi connectivity index (χ1v) is 8.07. The third kappa shape index (κ3) is 2.88. The number of fused-ring (bicyclic) bond motifs is 1. The molecule has 1 amide bonds. The van der Waals surface area contributed by atoms with E-state index in [0.717, 1.165) is 36.6 Å². The SMILES string of the molecule is CC(=O)c1[nH]c2ccccc2c1C(=O)NCC1(CO)CCCC1. The molecule has 0 unspecified atom stereocenters. The molecular formula is C18H22N2O3. The number of carbonyl (C=O) groups excluding carboxylic acids is 2. The normalized spacial score (nSPS) is 16.6. The summed E-state index contributed by atoms with van der Waals surface area (Å²) < 4.78 is 0. The van der Waals surface area contributed by atoms with Gasteiger partial charge in [-0.15, -0.1) is 0 Å². The number of Topliss-reactive ketones (excluding diaryl/α,β-unsaturated/α-hetero) is 1. The Hall–Kier alpha value is -2.14. The van der Waals surface area contributed by atoms with Crippen LogP contribution in [0.15, 0.2) is 24.3 Å². The van der Waals surface area contributed by atoms with Crippen LogP contribution >= 0.6 is 0 Å². The summed E-state index contributed by atoms with van der Waals surface area (Å²) in [5.41, 5.74) is 1.31. The topological polar surface area (TPSA) is 82.2 Å². The zero-order chi connectivity index (χ0) is 16.4. The Bertz CT molecular complexity index is 742. The van der Waals surface area contributed by atoms with Crippen LogP contribution in [0, 0.1) is 5.41 Å². The van der Waals surface area contributed by atoms with E-state index in [1.54, 1.807) is 0 Å². The highest BCUT2D eigenvalue weighted by Crippen LogP contribution is 2.37. The number of amides is 1. The zero-order valence-electron chi connectivity index (χ0n) is 13.3. The first kappa shape index (κ1) is 15.7. The molecule has 23 heavy (non-hydrogen) atoms. The monoisotopic (exact) mass is 314 g/mol. The van der Waals surface area contributed by atoms with Crippen molar-refractivity contribution in [3.8, 4) is 0 Å². The molecule has 1 aromatic carbocycles. The van der Waals surface area contributed by atoms with Crippen LogP contribution in [0.5, 0.6) is 0 Å². The van der Waals surface area contributed by atoms with Crippen LogP contribution in [-0.4, -0.2) is 34.9 Å². The summed E-state index contributed by atoms with van der Waals surface area (Å²) in [5.74, 6) is -0.420.